The monoisotopic (exact) mass is 298 g/mol. The summed E-state index contributed by atoms with van der Waals surface area (Å²) in [6.45, 7) is 4.29. The van der Waals surface area contributed by atoms with Crippen LogP contribution in [0.2, 0.25) is 0 Å². The second kappa shape index (κ2) is 4.82. The van der Waals surface area contributed by atoms with Crippen molar-refractivity contribution < 1.29 is 0 Å². The number of rotatable bonds is 3. The third-order valence-corrected chi connectivity index (χ3v) is 4.20. The van der Waals surface area contributed by atoms with Crippen LogP contribution in [0.15, 0.2) is 22.7 Å². The summed E-state index contributed by atoms with van der Waals surface area (Å²) in [5.41, 5.74) is 7.13. The van der Waals surface area contributed by atoms with Gasteiger partial charge in [-0.05, 0) is 24.1 Å². The zero-order valence-electron chi connectivity index (χ0n) is 9.40. The Hall–Kier alpha value is -0.450. The van der Waals surface area contributed by atoms with Crippen LogP contribution in [0.3, 0.4) is 0 Å². The Kier molecular flexibility index (Phi) is 3.62. The maximum Gasteiger partial charge on any atom is 0.0954 e. The summed E-state index contributed by atoms with van der Waals surface area (Å²) in [6, 6.07) is 6.37. The van der Waals surface area contributed by atoms with Crippen molar-refractivity contribution in [2.24, 2.45) is 11.7 Å². The molecule has 2 aromatic rings. The van der Waals surface area contributed by atoms with Crippen LogP contribution in [0.5, 0.6) is 0 Å². The minimum atomic E-state index is 0.198. The van der Waals surface area contributed by atoms with Gasteiger partial charge in [0.25, 0.3) is 0 Å². The molecule has 1 unspecified atom stereocenters. The number of hydrogen-bond donors (Lipinski definition) is 1. The first-order chi connectivity index (χ1) is 7.56. The number of fused-ring (bicyclic) bond motifs is 1. The molecule has 0 saturated heterocycles. The molecule has 0 radical (unpaired) electrons. The van der Waals surface area contributed by atoms with Gasteiger partial charge in [0.1, 0.15) is 0 Å². The van der Waals surface area contributed by atoms with Crippen molar-refractivity contribution in [2.75, 3.05) is 0 Å². The maximum atomic E-state index is 6.06. The molecule has 2 N–H and O–H groups in total. The maximum absolute atomic E-state index is 6.06. The van der Waals surface area contributed by atoms with Crippen LogP contribution < -0.4 is 5.73 Å². The fourth-order valence-electron chi connectivity index (χ4n) is 1.47. The van der Waals surface area contributed by atoms with Gasteiger partial charge in [-0.2, -0.15) is 0 Å². The Bertz CT molecular complexity index is 493. The number of hydrogen-bond acceptors (Lipinski definition) is 3. The van der Waals surface area contributed by atoms with Gasteiger partial charge in [-0.15, -0.1) is 11.3 Å². The molecular formula is C12H15BrN2S. The zero-order valence-corrected chi connectivity index (χ0v) is 11.8. The minimum absolute atomic E-state index is 0.198. The Morgan fingerprint density at radius 3 is 2.88 bits per heavy atom. The quantitative estimate of drug-likeness (QED) is 0.940. The fraction of sp³-hybridized carbons (Fsp3) is 0.417. The van der Waals surface area contributed by atoms with E-state index in [2.05, 4.69) is 40.8 Å². The first-order valence-corrected chi connectivity index (χ1v) is 6.98. The first-order valence-electron chi connectivity index (χ1n) is 5.37. The van der Waals surface area contributed by atoms with Crippen molar-refractivity contribution in [3.05, 3.63) is 27.7 Å². The smallest absolute Gasteiger partial charge is 0.0954 e. The standard InChI is InChI=1S/C12H15BrN2S/c1-7(2)9(14)6-12-15-10-4-3-8(13)5-11(10)16-12/h3-5,7,9H,6,14H2,1-2H3. The van der Waals surface area contributed by atoms with Gasteiger partial charge >= 0.3 is 0 Å². The summed E-state index contributed by atoms with van der Waals surface area (Å²) in [6.07, 6.45) is 0.870. The molecule has 1 heterocycles. The van der Waals surface area contributed by atoms with Crippen molar-refractivity contribution >= 4 is 37.5 Å². The summed E-state index contributed by atoms with van der Waals surface area (Å²) in [5.74, 6) is 0.499. The second-order valence-corrected chi connectivity index (χ2v) is 6.36. The number of aromatic nitrogens is 1. The molecule has 0 aliphatic carbocycles. The molecular weight excluding hydrogens is 284 g/mol. The number of nitrogens with zero attached hydrogens (tertiary/aromatic N) is 1. The third kappa shape index (κ3) is 2.62. The van der Waals surface area contributed by atoms with E-state index in [1.165, 1.54) is 4.70 Å². The van der Waals surface area contributed by atoms with E-state index in [0.29, 0.717) is 5.92 Å². The van der Waals surface area contributed by atoms with Gasteiger partial charge in [-0.1, -0.05) is 29.8 Å². The van der Waals surface area contributed by atoms with Crippen LogP contribution in [0.1, 0.15) is 18.9 Å². The van der Waals surface area contributed by atoms with Gasteiger partial charge in [-0.3, -0.25) is 0 Å². The molecule has 0 bridgehead atoms. The predicted molar refractivity (Wildman–Crippen MR) is 73.8 cm³/mol. The minimum Gasteiger partial charge on any atom is -0.327 e. The van der Waals surface area contributed by atoms with E-state index in [1.54, 1.807) is 11.3 Å². The summed E-state index contributed by atoms with van der Waals surface area (Å²) < 4.78 is 2.32. The highest BCUT2D eigenvalue weighted by Crippen LogP contribution is 2.26. The molecule has 0 fully saturated rings. The molecule has 2 nitrogen and oxygen atoms in total. The third-order valence-electron chi connectivity index (χ3n) is 2.66. The van der Waals surface area contributed by atoms with Crippen molar-refractivity contribution in [1.29, 1.82) is 0 Å². The van der Waals surface area contributed by atoms with Crippen molar-refractivity contribution in [3.63, 3.8) is 0 Å². The molecule has 0 aliphatic heterocycles. The molecule has 1 atom stereocenters. The first kappa shape index (κ1) is 12.0. The Balaban J connectivity index is 2.26. The Morgan fingerprint density at radius 1 is 1.44 bits per heavy atom. The molecule has 0 amide bonds. The van der Waals surface area contributed by atoms with Crippen LogP contribution in [0, 0.1) is 5.92 Å². The summed E-state index contributed by atoms with van der Waals surface area (Å²) in [7, 11) is 0. The highest BCUT2D eigenvalue weighted by Gasteiger charge is 2.12. The molecule has 16 heavy (non-hydrogen) atoms. The van der Waals surface area contributed by atoms with Gasteiger partial charge in [0.05, 0.1) is 15.2 Å². The molecule has 0 saturated carbocycles. The molecule has 1 aromatic carbocycles. The van der Waals surface area contributed by atoms with Gasteiger partial charge in [0, 0.05) is 16.9 Å². The highest BCUT2D eigenvalue weighted by molar-refractivity contribution is 9.10. The molecule has 86 valence electrons. The van der Waals surface area contributed by atoms with Crippen LogP contribution >= 0.6 is 27.3 Å². The SMILES string of the molecule is CC(C)C(N)Cc1nc2ccc(Br)cc2s1. The van der Waals surface area contributed by atoms with Crippen molar-refractivity contribution in [2.45, 2.75) is 26.3 Å². The van der Waals surface area contributed by atoms with E-state index in [1.807, 2.05) is 12.1 Å². The van der Waals surface area contributed by atoms with Crippen LogP contribution in [0.25, 0.3) is 10.2 Å². The lowest BCUT2D eigenvalue weighted by molar-refractivity contribution is 0.490. The second-order valence-electron chi connectivity index (χ2n) is 4.33. The lowest BCUT2D eigenvalue weighted by Gasteiger charge is -2.12. The average Bonchev–Trinajstić information content (AvgIpc) is 2.58. The van der Waals surface area contributed by atoms with Gasteiger partial charge in [0.15, 0.2) is 0 Å². The molecule has 2 rings (SSSR count). The molecule has 0 spiro atoms. The van der Waals surface area contributed by atoms with E-state index >= 15 is 0 Å². The van der Waals surface area contributed by atoms with E-state index in [-0.39, 0.29) is 6.04 Å². The van der Waals surface area contributed by atoms with E-state index in [4.69, 9.17) is 5.73 Å². The van der Waals surface area contributed by atoms with Gasteiger partial charge < -0.3 is 5.73 Å². The summed E-state index contributed by atoms with van der Waals surface area (Å²) in [5, 5.41) is 1.13. The molecule has 1 aromatic heterocycles. The lowest BCUT2D eigenvalue weighted by Crippen LogP contribution is -2.28. The van der Waals surface area contributed by atoms with E-state index in [9.17, 15) is 0 Å². The summed E-state index contributed by atoms with van der Waals surface area (Å²) in [4.78, 5) is 4.59. The normalized spacial score (nSPS) is 13.6. The van der Waals surface area contributed by atoms with Gasteiger partial charge in [0.2, 0.25) is 0 Å². The van der Waals surface area contributed by atoms with E-state index in [0.717, 1.165) is 21.4 Å². The largest absolute Gasteiger partial charge is 0.327 e. The highest BCUT2D eigenvalue weighted by atomic mass is 79.9. The number of benzene rings is 1. The van der Waals surface area contributed by atoms with Crippen LogP contribution in [-0.2, 0) is 6.42 Å². The fourth-order valence-corrected chi connectivity index (χ4v) is 3.06. The zero-order chi connectivity index (χ0) is 11.7. The van der Waals surface area contributed by atoms with Crippen molar-refractivity contribution in [3.8, 4) is 0 Å². The topological polar surface area (TPSA) is 38.9 Å². The van der Waals surface area contributed by atoms with Crippen molar-refractivity contribution in [1.82, 2.24) is 4.98 Å². The Labute approximate surface area is 108 Å². The summed E-state index contributed by atoms with van der Waals surface area (Å²) >= 11 is 5.21. The number of nitrogens with two attached hydrogens (primary N) is 1. The van der Waals surface area contributed by atoms with Gasteiger partial charge in [-0.25, -0.2) is 4.98 Å². The average molecular weight is 299 g/mol. The number of thiazole rings is 1. The molecule has 0 aliphatic rings. The van der Waals surface area contributed by atoms with E-state index < -0.39 is 0 Å². The predicted octanol–water partition coefficient (Wildman–Crippen LogP) is 3.58. The molecule has 4 heteroatoms. The Morgan fingerprint density at radius 2 is 2.19 bits per heavy atom. The lowest BCUT2D eigenvalue weighted by atomic mass is 10.0. The van der Waals surface area contributed by atoms with Crippen LogP contribution in [0.4, 0.5) is 0 Å². The van der Waals surface area contributed by atoms with Crippen LogP contribution in [-0.4, -0.2) is 11.0 Å². The number of halogens is 1.